The van der Waals surface area contributed by atoms with E-state index in [-0.39, 0.29) is 12.2 Å². The molecule has 0 aliphatic rings. The second-order valence-electron chi connectivity index (χ2n) is 3.24. The van der Waals surface area contributed by atoms with Gasteiger partial charge in [0.05, 0.1) is 24.1 Å². The molecule has 0 atom stereocenters. The molecule has 3 nitrogen and oxygen atoms in total. The first kappa shape index (κ1) is 9.76. The summed E-state index contributed by atoms with van der Waals surface area (Å²) in [6.07, 6.45) is 2.72. The van der Waals surface area contributed by atoms with E-state index in [9.17, 15) is 8.78 Å². The Morgan fingerprint density at radius 2 is 2.20 bits per heavy atom. The fourth-order valence-electron chi connectivity index (χ4n) is 1.26. The van der Waals surface area contributed by atoms with Crippen LogP contribution in [0.5, 0.6) is 0 Å². The van der Waals surface area contributed by atoms with E-state index in [0.29, 0.717) is 0 Å². The molecule has 2 aromatic rings. The molecule has 0 aromatic carbocycles. The van der Waals surface area contributed by atoms with Gasteiger partial charge in [0, 0.05) is 12.3 Å². The summed E-state index contributed by atoms with van der Waals surface area (Å²) in [6.45, 7) is 2.05. The van der Waals surface area contributed by atoms with Gasteiger partial charge in [-0.15, -0.1) is 0 Å². The molecule has 0 saturated heterocycles. The molecule has 0 amide bonds. The predicted octanol–water partition coefficient (Wildman–Crippen LogP) is 1.91. The van der Waals surface area contributed by atoms with Crippen LogP contribution in [0.2, 0.25) is 0 Å². The van der Waals surface area contributed by atoms with Crippen molar-refractivity contribution in [2.75, 3.05) is 0 Å². The molecule has 0 unspecified atom stereocenters. The number of hydrogen-bond donors (Lipinski definition) is 0. The third-order valence-corrected chi connectivity index (χ3v) is 1.97. The Bertz CT molecular complexity index is 479. The van der Waals surface area contributed by atoms with Crippen LogP contribution in [0, 0.1) is 18.6 Å². The summed E-state index contributed by atoms with van der Waals surface area (Å²) in [5, 5.41) is 4.09. The number of hydrogen-bond acceptors (Lipinski definition) is 2. The molecule has 15 heavy (non-hydrogen) atoms. The monoisotopic (exact) mass is 209 g/mol. The minimum atomic E-state index is -0.673. The van der Waals surface area contributed by atoms with Crippen LogP contribution in [0.15, 0.2) is 24.5 Å². The van der Waals surface area contributed by atoms with Crippen molar-refractivity contribution in [2.45, 2.75) is 13.5 Å². The zero-order valence-electron chi connectivity index (χ0n) is 8.11. The molecule has 0 N–H and O–H groups in total. The molecule has 0 saturated carbocycles. The van der Waals surface area contributed by atoms with Gasteiger partial charge in [0.15, 0.2) is 0 Å². The molecule has 2 aromatic heterocycles. The normalized spacial score (nSPS) is 10.6. The van der Waals surface area contributed by atoms with E-state index in [1.165, 1.54) is 0 Å². The molecule has 0 spiro atoms. The van der Waals surface area contributed by atoms with Crippen molar-refractivity contribution in [2.24, 2.45) is 0 Å². The highest BCUT2D eigenvalue weighted by atomic mass is 19.1. The molecule has 2 rings (SSSR count). The van der Waals surface area contributed by atoms with Gasteiger partial charge in [-0.3, -0.25) is 9.67 Å². The third kappa shape index (κ3) is 2.18. The summed E-state index contributed by atoms with van der Waals surface area (Å²) in [7, 11) is 0. The van der Waals surface area contributed by atoms with Gasteiger partial charge < -0.3 is 0 Å². The van der Waals surface area contributed by atoms with Crippen LogP contribution < -0.4 is 0 Å². The second kappa shape index (κ2) is 3.76. The van der Waals surface area contributed by atoms with E-state index < -0.39 is 11.6 Å². The number of rotatable bonds is 2. The molecule has 0 aliphatic carbocycles. The first-order valence-corrected chi connectivity index (χ1v) is 4.45. The third-order valence-electron chi connectivity index (χ3n) is 1.97. The maximum Gasteiger partial charge on any atom is 0.149 e. The van der Waals surface area contributed by atoms with Gasteiger partial charge in [0.2, 0.25) is 0 Å². The molecule has 5 heteroatoms. The van der Waals surface area contributed by atoms with Crippen molar-refractivity contribution < 1.29 is 8.78 Å². The number of halogens is 2. The lowest BCUT2D eigenvalue weighted by molar-refractivity contribution is 0.541. The Balaban J connectivity index is 2.24. The van der Waals surface area contributed by atoms with Crippen LogP contribution in [-0.2, 0) is 6.54 Å². The van der Waals surface area contributed by atoms with Crippen LogP contribution in [0.1, 0.15) is 11.4 Å². The first-order valence-electron chi connectivity index (χ1n) is 4.45. The predicted molar refractivity (Wildman–Crippen MR) is 50.2 cm³/mol. The molecule has 0 aliphatic heterocycles. The largest absolute Gasteiger partial charge is 0.266 e. The van der Waals surface area contributed by atoms with Crippen molar-refractivity contribution in [1.29, 1.82) is 0 Å². The minimum absolute atomic E-state index is 0.180. The van der Waals surface area contributed by atoms with Crippen molar-refractivity contribution in [3.8, 4) is 0 Å². The van der Waals surface area contributed by atoms with Crippen molar-refractivity contribution >= 4 is 0 Å². The molecular weight excluding hydrogens is 200 g/mol. The lowest BCUT2D eigenvalue weighted by Gasteiger charge is -2.02. The van der Waals surface area contributed by atoms with Crippen molar-refractivity contribution in [3.05, 3.63) is 47.5 Å². The smallest absolute Gasteiger partial charge is 0.149 e. The molecule has 2 heterocycles. The summed E-state index contributed by atoms with van der Waals surface area (Å²) in [4.78, 5) is 3.67. The van der Waals surface area contributed by atoms with Crippen LogP contribution in [-0.4, -0.2) is 14.8 Å². The lowest BCUT2D eigenvalue weighted by atomic mass is 10.3. The van der Waals surface area contributed by atoms with E-state index in [2.05, 4.69) is 10.1 Å². The number of aromatic nitrogens is 3. The Labute approximate surface area is 85.4 Å². The van der Waals surface area contributed by atoms with E-state index in [1.807, 2.05) is 6.92 Å². The maximum absolute atomic E-state index is 13.2. The van der Waals surface area contributed by atoms with Gasteiger partial charge in [0.1, 0.15) is 11.6 Å². The number of pyridine rings is 1. The van der Waals surface area contributed by atoms with Crippen molar-refractivity contribution in [3.63, 3.8) is 0 Å². The Morgan fingerprint density at radius 1 is 1.40 bits per heavy atom. The number of aryl methyl sites for hydroxylation is 1. The highest BCUT2D eigenvalue weighted by Gasteiger charge is 2.06. The summed E-state index contributed by atoms with van der Waals surface area (Å²) < 4.78 is 27.3. The second-order valence-corrected chi connectivity index (χ2v) is 3.24. The minimum Gasteiger partial charge on any atom is -0.266 e. The van der Waals surface area contributed by atoms with Gasteiger partial charge in [0.25, 0.3) is 0 Å². The van der Waals surface area contributed by atoms with Crippen LogP contribution in [0.3, 0.4) is 0 Å². The molecule has 0 fully saturated rings. The average Bonchev–Trinajstić information content (AvgIpc) is 2.56. The van der Waals surface area contributed by atoms with E-state index in [0.717, 1.165) is 18.0 Å². The standard InChI is InChI=1S/C10H9F2N3/c1-7-2-3-15(14-7)6-10-9(12)4-8(11)5-13-10/h2-5H,6H2,1H3. The average molecular weight is 209 g/mol. The van der Waals surface area contributed by atoms with Gasteiger partial charge in [-0.05, 0) is 13.0 Å². The highest BCUT2D eigenvalue weighted by molar-refractivity contribution is 5.09. The van der Waals surface area contributed by atoms with Gasteiger partial charge >= 0.3 is 0 Å². The lowest BCUT2D eigenvalue weighted by Crippen LogP contribution is -2.05. The zero-order chi connectivity index (χ0) is 10.8. The Hall–Kier alpha value is -1.78. The molecule has 0 bridgehead atoms. The molecule has 78 valence electrons. The van der Waals surface area contributed by atoms with E-state index >= 15 is 0 Å². The topological polar surface area (TPSA) is 30.7 Å². The summed E-state index contributed by atoms with van der Waals surface area (Å²) in [6, 6.07) is 2.63. The van der Waals surface area contributed by atoms with Crippen LogP contribution in [0.25, 0.3) is 0 Å². The molecular formula is C10H9F2N3. The van der Waals surface area contributed by atoms with Crippen molar-refractivity contribution in [1.82, 2.24) is 14.8 Å². The number of nitrogens with zero attached hydrogens (tertiary/aromatic N) is 3. The van der Waals surface area contributed by atoms with Crippen LogP contribution >= 0.6 is 0 Å². The van der Waals surface area contributed by atoms with E-state index in [4.69, 9.17) is 0 Å². The van der Waals surface area contributed by atoms with Crippen LogP contribution in [0.4, 0.5) is 8.78 Å². The maximum atomic E-state index is 13.2. The molecule has 0 radical (unpaired) electrons. The Morgan fingerprint density at radius 3 is 2.80 bits per heavy atom. The summed E-state index contributed by atoms with van der Waals surface area (Å²) in [5.74, 6) is -1.32. The van der Waals surface area contributed by atoms with Gasteiger partial charge in [-0.2, -0.15) is 5.10 Å². The zero-order valence-corrected chi connectivity index (χ0v) is 8.11. The van der Waals surface area contributed by atoms with Gasteiger partial charge in [-0.25, -0.2) is 8.78 Å². The summed E-state index contributed by atoms with van der Waals surface area (Å²) in [5.41, 5.74) is 1.03. The fraction of sp³-hybridized carbons (Fsp3) is 0.200. The highest BCUT2D eigenvalue weighted by Crippen LogP contribution is 2.07. The van der Waals surface area contributed by atoms with E-state index in [1.54, 1.807) is 16.9 Å². The summed E-state index contributed by atoms with van der Waals surface area (Å²) >= 11 is 0. The Kier molecular flexibility index (Phi) is 2.45. The SMILES string of the molecule is Cc1ccn(Cc2ncc(F)cc2F)n1. The first-order chi connectivity index (χ1) is 7.15. The fourth-order valence-corrected chi connectivity index (χ4v) is 1.26. The quantitative estimate of drug-likeness (QED) is 0.756. The van der Waals surface area contributed by atoms with Gasteiger partial charge in [-0.1, -0.05) is 0 Å².